The number of rotatable bonds is 1. The van der Waals surface area contributed by atoms with Gasteiger partial charge in [0, 0.05) is 17.7 Å². The van der Waals surface area contributed by atoms with Gasteiger partial charge in [0.05, 0.1) is 5.70 Å². The van der Waals surface area contributed by atoms with Gasteiger partial charge in [0.25, 0.3) is 0 Å². The topological polar surface area (TPSA) is 32.3 Å². The van der Waals surface area contributed by atoms with E-state index >= 15 is 0 Å². The largest absolute Gasteiger partial charge is 0.505 e. The standard InChI is InChI=1S/C16H15NO/c18-16(13-7-2-1-3-8-13)15-14-9-5-4-6-12(14)10-11-17-15/h1-9,17-18H,10-11H2. The normalized spacial score (nSPS) is 16.7. The van der Waals surface area contributed by atoms with Gasteiger partial charge in [-0.15, -0.1) is 0 Å². The van der Waals surface area contributed by atoms with Crippen LogP contribution in [0.2, 0.25) is 0 Å². The minimum absolute atomic E-state index is 0.322. The van der Waals surface area contributed by atoms with Crippen LogP contribution in [-0.2, 0) is 6.42 Å². The molecule has 0 saturated carbocycles. The van der Waals surface area contributed by atoms with Crippen molar-refractivity contribution in [3.05, 3.63) is 71.3 Å². The van der Waals surface area contributed by atoms with E-state index in [1.807, 2.05) is 42.5 Å². The molecular weight excluding hydrogens is 222 g/mol. The number of nitrogens with one attached hydrogen (secondary N) is 1. The molecule has 0 fully saturated rings. The second-order valence-corrected chi connectivity index (χ2v) is 4.42. The second-order valence-electron chi connectivity index (χ2n) is 4.42. The maximum absolute atomic E-state index is 10.4. The Hall–Kier alpha value is -2.22. The van der Waals surface area contributed by atoms with Gasteiger partial charge in [0.15, 0.2) is 0 Å². The molecule has 1 heterocycles. The average molecular weight is 237 g/mol. The number of hydrogen-bond donors (Lipinski definition) is 2. The van der Waals surface area contributed by atoms with Crippen molar-refractivity contribution in [2.24, 2.45) is 0 Å². The summed E-state index contributed by atoms with van der Waals surface area (Å²) in [5.41, 5.74) is 4.07. The first kappa shape index (κ1) is 10.9. The van der Waals surface area contributed by atoms with E-state index in [0.717, 1.165) is 29.8 Å². The van der Waals surface area contributed by atoms with E-state index in [1.54, 1.807) is 0 Å². The smallest absolute Gasteiger partial charge is 0.146 e. The molecule has 0 atom stereocenters. The third-order valence-electron chi connectivity index (χ3n) is 3.27. The molecule has 0 amide bonds. The zero-order valence-corrected chi connectivity index (χ0v) is 10.1. The molecular formula is C16H15NO. The summed E-state index contributed by atoms with van der Waals surface area (Å²) in [7, 11) is 0. The van der Waals surface area contributed by atoms with Crippen molar-refractivity contribution in [3.8, 4) is 0 Å². The van der Waals surface area contributed by atoms with E-state index in [-0.39, 0.29) is 0 Å². The summed E-state index contributed by atoms with van der Waals surface area (Å²) >= 11 is 0. The number of benzene rings is 2. The van der Waals surface area contributed by atoms with Crippen LogP contribution < -0.4 is 5.32 Å². The van der Waals surface area contributed by atoms with Crippen molar-refractivity contribution in [1.82, 2.24) is 5.32 Å². The summed E-state index contributed by atoms with van der Waals surface area (Å²) in [4.78, 5) is 0. The molecule has 90 valence electrons. The number of hydrogen-bond acceptors (Lipinski definition) is 2. The Morgan fingerprint density at radius 3 is 2.50 bits per heavy atom. The van der Waals surface area contributed by atoms with Crippen LogP contribution in [0.3, 0.4) is 0 Å². The molecule has 1 aliphatic heterocycles. The molecule has 0 spiro atoms. The predicted octanol–water partition coefficient (Wildman–Crippen LogP) is 3.22. The lowest BCUT2D eigenvalue weighted by molar-refractivity contribution is 0.509. The number of aliphatic hydroxyl groups excluding tert-OH is 1. The van der Waals surface area contributed by atoms with Crippen LogP contribution in [-0.4, -0.2) is 11.7 Å². The lowest BCUT2D eigenvalue weighted by Gasteiger charge is -2.22. The van der Waals surface area contributed by atoms with Crippen LogP contribution in [0.4, 0.5) is 0 Å². The van der Waals surface area contributed by atoms with E-state index < -0.39 is 0 Å². The Morgan fingerprint density at radius 1 is 0.944 bits per heavy atom. The van der Waals surface area contributed by atoms with Crippen molar-refractivity contribution in [3.63, 3.8) is 0 Å². The van der Waals surface area contributed by atoms with Crippen molar-refractivity contribution < 1.29 is 5.11 Å². The fraction of sp³-hybridized carbons (Fsp3) is 0.125. The number of aliphatic hydroxyl groups is 1. The lowest BCUT2D eigenvalue weighted by atomic mass is 9.96. The highest BCUT2D eigenvalue weighted by Crippen LogP contribution is 2.27. The molecule has 0 unspecified atom stereocenters. The summed E-state index contributed by atoms with van der Waals surface area (Å²) in [5, 5.41) is 13.7. The van der Waals surface area contributed by atoms with Gasteiger partial charge in [-0.1, -0.05) is 54.6 Å². The van der Waals surface area contributed by atoms with Crippen LogP contribution in [0.1, 0.15) is 16.7 Å². The van der Waals surface area contributed by atoms with Crippen LogP contribution in [0.25, 0.3) is 11.5 Å². The van der Waals surface area contributed by atoms with Gasteiger partial charge >= 0.3 is 0 Å². The minimum atomic E-state index is 0.322. The zero-order valence-electron chi connectivity index (χ0n) is 10.1. The van der Waals surface area contributed by atoms with Crippen molar-refractivity contribution in [2.45, 2.75) is 6.42 Å². The Bertz CT molecular complexity index is 587. The first-order valence-electron chi connectivity index (χ1n) is 6.17. The molecule has 0 saturated heterocycles. The highest BCUT2D eigenvalue weighted by Gasteiger charge is 2.17. The third kappa shape index (κ3) is 1.86. The Labute approximate surface area is 107 Å². The molecule has 2 heteroatoms. The molecule has 0 aliphatic carbocycles. The van der Waals surface area contributed by atoms with Crippen LogP contribution in [0, 0.1) is 0 Å². The molecule has 2 aromatic rings. The molecule has 1 aliphatic rings. The van der Waals surface area contributed by atoms with Gasteiger partial charge in [-0.25, -0.2) is 0 Å². The molecule has 0 radical (unpaired) electrons. The first-order valence-corrected chi connectivity index (χ1v) is 6.17. The quantitative estimate of drug-likeness (QED) is 0.746. The Balaban J connectivity index is 2.13. The molecule has 0 bridgehead atoms. The van der Waals surface area contributed by atoms with Crippen molar-refractivity contribution in [1.29, 1.82) is 0 Å². The molecule has 2 aromatic carbocycles. The van der Waals surface area contributed by atoms with Crippen molar-refractivity contribution in [2.75, 3.05) is 6.54 Å². The number of fused-ring (bicyclic) bond motifs is 1. The van der Waals surface area contributed by atoms with Crippen LogP contribution in [0.15, 0.2) is 54.6 Å². The lowest BCUT2D eigenvalue weighted by Crippen LogP contribution is -2.23. The predicted molar refractivity (Wildman–Crippen MR) is 74.0 cm³/mol. The maximum atomic E-state index is 10.4. The summed E-state index contributed by atoms with van der Waals surface area (Å²) < 4.78 is 0. The molecule has 2 nitrogen and oxygen atoms in total. The first-order chi connectivity index (χ1) is 8.86. The van der Waals surface area contributed by atoms with E-state index in [1.165, 1.54) is 5.56 Å². The van der Waals surface area contributed by atoms with Crippen LogP contribution in [0.5, 0.6) is 0 Å². The summed E-state index contributed by atoms with van der Waals surface area (Å²) in [5.74, 6) is 0.322. The maximum Gasteiger partial charge on any atom is 0.146 e. The van der Waals surface area contributed by atoms with Gasteiger partial charge in [0.1, 0.15) is 5.76 Å². The Morgan fingerprint density at radius 2 is 1.67 bits per heavy atom. The van der Waals surface area contributed by atoms with Gasteiger partial charge in [0.2, 0.25) is 0 Å². The highest BCUT2D eigenvalue weighted by molar-refractivity contribution is 5.87. The van der Waals surface area contributed by atoms with Crippen LogP contribution >= 0.6 is 0 Å². The molecule has 3 rings (SSSR count). The second kappa shape index (κ2) is 4.57. The molecule has 18 heavy (non-hydrogen) atoms. The average Bonchev–Trinajstić information content (AvgIpc) is 2.47. The molecule has 2 N–H and O–H groups in total. The summed E-state index contributed by atoms with van der Waals surface area (Å²) in [6.45, 7) is 0.864. The van der Waals surface area contributed by atoms with E-state index in [9.17, 15) is 5.11 Å². The van der Waals surface area contributed by atoms with Gasteiger partial charge in [-0.3, -0.25) is 0 Å². The SMILES string of the molecule is OC(=C1NCCc2ccccc21)c1ccccc1. The minimum Gasteiger partial charge on any atom is -0.505 e. The van der Waals surface area contributed by atoms with E-state index in [4.69, 9.17) is 0 Å². The van der Waals surface area contributed by atoms with Gasteiger partial charge < -0.3 is 10.4 Å². The third-order valence-corrected chi connectivity index (χ3v) is 3.27. The van der Waals surface area contributed by atoms with Gasteiger partial charge in [-0.2, -0.15) is 0 Å². The Kier molecular flexibility index (Phi) is 2.77. The summed E-state index contributed by atoms with van der Waals surface area (Å²) in [6, 6.07) is 17.9. The van der Waals surface area contributed by atoms with E-state index in [0.29, 0.717) is 5.76 Å². The zero-order chi connectivity index (χ0) is 12.4. The fourth-order valence-electron chi connectivity index (χ4n) is 2.35. The summed E-state index contributed by atoms with van der Waals surface area (Å²) in [6.07, 6.45) is 1.00. The highest BCUT2D eigenvalue weighted by atomic mass is 16.3. The fourth-order valence-corrected chi connectivity index (χ4v) is 2.35. The monoisotopic (exact) mass is 237 g/mol. The van der Waals surface area contributed by atoms with E-state index in [2.05, 4.69) is 17.4 Å². The van der Waals surface area contributed by atoms with Crippen molar-refractivity contribution >= 4 is 11.5 Å². The van der Waals surface area contributed by atoms with Gasteiger partial charge in [-0.05, 0) is 12.0 Å². The molecule has 0 aromatic heterocycles.